The Kier molecular flexibility index (Phi) is 8.13. The summed E-state index contributed by atoms with van der Waals surface area (Å²) in [4.78, 5) is 19.5. The molecular formula is C27H34N4O5S. The van der Waals surface area contributed by atoms with E-state index in [-0.39, 0.29) is 43.2 Å². The van der Waals surface area contributed by atoms with Crippen molar-refractivity contribution in [2.45, 2.75) is 37.6 Å². The van der Waals surface area contributed by atoms with Gasteiger partial charge < -0.3 is 19.3 Å². The molecule has 1 N–H and O–H groups in total. The van der Waals surface area contributed by atoms with E-state index in [0.29, 0.717) is 5.56 Å². The molecule has 10 heteroatoms. The molecular weight excluding hydrogens is 492 g/mol. The number of benzene rings is 2. The van der Waals surface area contributed by atoms with Crippen molar-refractivity contribution >= 4 is 15.9 Å². The third kappa shape index (κ3) is 5.62. The lowest BCUT2D eigenvalue weighted by atomic mass is 9.94. The number of aryl methyl sites for hydroxylation is 1. The predicted octanol–water partition coefficient (Wildman–Crippen LogP) is 2.77. The summed E-state index contributed by atoms with van der Waals surface area (Å²) in [7, 11) is -0.613. The zero-order valence-electron chi connectivity index (χ0n) is 21.6. The third-order valence-electron chi connectivity index (χ3n) is 6.89. The molecule has 0 saturated heterocycles. The minimum absolute atomic E-state index is 0.0340. The smallest absolute Gasteiger partial charge is 0.261 e. The molecule has 0 radical (unpaired) electrons. The molecule has 2 heterocycles. The molecule has 3 atom stereocenters. The summed E-state index contributed by atoms with van der Waals surface area (Å²) in [6, 6.07) is 14.8. The van der Waals surface area contributed by atoms with Gasteiger partial charge in [-0.3, -0.25) is 4.79 Å². The highest BCUT2D eigenvalue weighted by Crippen LogP contribution is 2.31. The summed E-state index contributed by atoms with van der Waals surface area (Å²) in [5.41, 5.74) is 3.13. The second-order valence-electron chi connectivity index (χ2n) is 9.68. The van der Waals surface area contributed by atoms with Gasteiger partial charge in [0.2, 0.25) is 0 Å². The molecule has 0 aliphatic carbocycles. The fourth-order valence-electron chi connectivity index (χ4n) is 4.58. The van der Waals surface area contributed by atoms with E-state index < -0.39 is 22.2 Å². The van der Waals surface area contributed by atoms with Gasteiger partial charge in [-0.25, -0.2) is 13.4 Å². The van der Waals surface area contributed by atoms with Crippen LogP contribution in [0.3, 0.4) is 0 Å². The maximum Gasteiger partial charge on any atom is 0.261 e. The van der Waals surface area contributed by atoms with Crippen LogP contribution < -0.4 is 0 Å². The largest absolute Gasteiger partial charge is 0.394 e. The van der Waals surface area contributed by atoms with Gasteiger partial charge in [0.05, 0.1) is 31.7 Å². The molecule has 1 amide bonds. The second-order valence-corrected chi connectivity index (χ2v) is 11.7. The van der Waals surface area contributed by atoms with E-state index in [1.807, 2.05) is 49.4 Å². The van der Waals surface area contributed by atoms with Crippen LogP contribution in [0.2, 0.25) is 0 Å². The standard InChI is InChI=1S/C27H34N4O5S/c1-19-13-31(20(2)16-32)27(33)24-12-8-7-11-23(24)22-10-6-5-9-21(22)17-36-25(19)14-30(4)37(34,35)26-15-29(3)18-28-26/h5-12,15,18-20,25,32H,13-14,16-17H2,1-4H3/t19-,20-,25+/m1/s1. The highest BCUT2D eigenvalue weighted by molar-refractivity contribution is 7.89. The summed E-state index contributed by atoms with van der Waals surface area (Å²) < 4.78 is 35.6. The average Bonchev–Trinajstić information content (AvgIpc) is 3.35. The molecule has 0 saturated carbocycles. The van der Waals surface area contributed by atoms with Gasteiger partial charge >= 0.3 is 0 Å². The monoisotopic (exact) mass is 526 g/mol. The Bertz CT molecular complexity index is 1360. The molecule has 0 spiro atoms. The van der Waals surface area contributed by atoms with Crippen LogP contribution in [0.1, 0.15) is 29.8 Å². The molecule has 1 aliphatic heterocycles. The van der Waals surface area contributed by atoms with Gasteiger partial charge in [-0.1, -0.05) is 49.4 Å². The minimum Gasteiger partial charge on any atom is -0.394 e. The van der Waals surface area contributed by atoms with Gasteiger partial charge in [-0.2, -0.15) is 4.31 Å². The number of imidazole rings is 1. The van der Waals surface area contributed by atoms with Gasteiger partial charge in [0.1, 0.15) is 0 Å². The van der Waals surface area contributed by atoms with E-state index in [2.05, 4.69) is 4.98 Å². The van der Waals surface area contributed by atoms with Crippen molar-refractivity contribution < 1.29 is 23.1 Å². The number of carbonyl (C=O) groups is 1. The minimum atomic E-state index is -3.83. The number of aromatic nitrogens is 2. The fraction of sp³-hybridized carbons (Fsp3) is 0.407. The number of likely N-dealkylation sites (N-methyl/N-ethyl adjacent to an activating group) is 1. The first-order chi connectivity index (χ1) is 17.6. The van der Waals surface area contributed by atoms with Crippen molar-refractivity contribution in [2.75, 3.05) is 26.7 Å². The summed E-state index contributed by atoms with van der Waals surface area (Å²) in [5.74, 6) is -0.425. The molecule has 0 bridgehead atoms. The Morgan fingerprint density at radius 3 is 2.43 bits per heavy atom. The Labute approximate surface area is 218 Å². The topological polar surface area (TPSA) is 105 Å². The lowest BCUT2D eigenvalue weighted by Gasteiger charge is -2.34. The van der Waals surface area contributed by atoms with Crippen LogP contribution in [-0.4, -0.2) is 77.1 Å². The maximum absolute atomic E-state index is 13.9. The Morgan fingerprint density at radius 2 is 1.78 bits per heavy atom. The maximum atomic E-state index is 13.9. The van der Waals surface area contributed by atoms with Crippen LogP contribution >= 0.6 is 0 Å². The van der Waals surface area contributed by atoms with Gasteiger partial charge in [-0.15, -0.1) is 0 Å². The van der Waals surface area contributed by atoms with E-state index in [1.165, 1.54) is 23.9 Å². The molecule has 2 aromatic carbocycles. The number of rotatable bonds is 6. The number of amides is 1. The van der Waals surface area contributed by atoms with Crippen LogP contribution in [0.25, 0.3) is 11.1 Å². The van der Waals surface area contributed by atoms with Gasteiger partial charge in [0.25, 0.3) is 15.9 Å². The molecule has 37 heavy (non-hydrogen) atoms. The third-order valence-corrected chi connectivity index (χ3v) is 8.60. The number of hydrogen-bond donors (Lipinski definition) is 1. The van der Waals surface area contributed by atoms with E-state index >= 15 is 0 Å². The van der Waals surface area contributed by atoms with Crippen LogP contribution in [0.15, 0.2) is 66.1 Å². The number of aliphatic hydroxyl groups excluding tert-OH is 1. The molecule has 1 aromatic heterocycles. The molecule has 9 nitrogen and oxygen atoms in total. The normalized spacial score (nSPS) is 19.7. The SMILES string of the molecule is C[C@@H]1CN([C@H](C)CO)C(=O)c2ccccc2-c2ccccc2CO[C@H]1CN(C)S(=O)(=O)c1cn(C)cn1. The molecule has 0 fully saturated rings. The predicted molar refractivity (Wildman–Crippen MR) is 140 cm³/mol. The lowest BCUT2D eigenvalue weighted by molar-refractivity contribution is -0.0146. The van der Waals surface area contributed by atoms with E-state index in [1.54, 1.807) is 29.5 Å². The van der Waals surface area contributed by atoms with E-state index in [4.69, 9.17) is 4.74 Å². The van der Waals surface area contributed by atoms with Crippen molar-refractivity contribution in [1.29, 1.82) is 0 Å². The van der Waals surface area contributed by atoms with Crippen LogP contribution in [0.4, 0.5) is 0 Å². The van der Waals surface area contributed by atoms with Crippen molar-refractivity contribution in [3.8, 4) is 11.1 Å². The first-order valence-electron chi connectivity index (χ1n) is 12.3. The summed E-state index contributed by atoms with van der Waals surface area (Å²) >= 11 is 0. The van der Waals surface area contributed by atoms with Crippen LogP contribution in [0, 0.1) is 5.92 Å². The zero-order valence-corrected chi connectivity index (χ0v) is 22.4. The van der Waals surface area contributed by atoms with Crippen molar-refractivity contribution in [3.05, 3.63) is 72.2 Å². The number of ether oxygens (including phenoxy) is 1. The molecule has 0 unspecified atom stereocenters. The summed E-state index contributed by atoms with van der Waals surface area (Å²) in [6.07, 6.45) is 2.38. The van der Waals surface area contributed by atoms with E-state index in [9.17, 15) is 18.3 Å². The summed E-state index contributed by atoms with van der Waals surface area (Å²) in [6.45, 7) is 4.15. The van der Waals surface area contributed by atoms with Crippen molar-refractivity contribution in [3.63, 3.8) is 0 Å². The molecule has 198 valence electrons. The van der Waals surface area contributed by atoms with Crippen molar-refractivity contribution in [2.24, 2.45) is 13.0 Å². The number of carbonyl (C=O) groups excluding carboxylic acids is 1. The Hall–Kier alpha value is -3.05. The molecule has 3 aromatic rings. The first kappa shape index (κ1) is 27.0. The number of sulfonamides is 1. The highest BCUT2D eigenvalue weighted by Gasteiger charge is 2.33. The number of fused-ring (bicyclic) bond motifs is 3. The number of aliphatic hydroxyl groups is 1. The Morgan fingerprint density at radius 1 is 1.14 bits per heavy atom. The van der Waals surface area contributed by atoms with Crippen molar-refractivity contribution in [1.82, 2.24) is 18.8 Å². The second kappa shape index (κ2) is 11.1. The summed E-state index contributed by atoms with van der Waals surface area (Å²) in [5, 5.41) is 9.93. The van der Waals surface area contributed by atoms with Crippen LogP contribution in [0.5, 0.6) is 0 Å². The van der Waals surface area contributed by atoms with E-state index in [0.717, 1.165) is 16.7 Å². The van der Waals surface area contributed by atoms with Gasteiger partial charge in [0, 0.05) is 44.9 Å². The number of nitrogens with zero attached hydrogens (tertiary/aromatic N) is 4. The zero-order chi connectivity index (χ0) is 26.7. The van der Waals surface area contributed by atoms with Gasteiger partial charge in [0.15, 0.2) is 5.03 Å². The quantitative estimate of drug-likeness (QED) is 0.530. The Balaban J connectivity index is 1.73. The molecule has 1 aliphatic rings. The lowest BCUT2D eigenvalue weighted by Crippen LogP contribution is -2.47. The fourth-order valence-corrected chi connectivity index (χ4v) is 5.73. The van der Waals surface area contributed by atoms with Crippen LogP contribution in [-0.2, 0) is 28.4 Å². The average molecular weight is 527 g/mol. The first-order valence-corrected chi connectivity index (χ1v) is 13.7. The number of hydrogen-bond acceptors (Lipinski definition) is 6. The molecule has 4 rings (SSSR count). The highest BCUT2D eigenvalue weighted by atomic mass is 32.2. The van der Waals surface area contributed by atoms with Gasteiger partial charge in [-0.05, 0) is 29.7 Å².